The van der Waals surface area contributed by atoms with E-state index >= 15 is 0 Å². The van der Waals surface area contributed by atoms with Crippen LogP contribution in [-0.2, 0) is 0 Å². The Kier molecular flexibility index (Phi) is 3.73. The lowest BCUT2D eigenvalue weighted by molar-refractivity contribution is 0.0771. The molecule has 0 saturated carbocycles. The number of rotatable bonds is 2. The highest BCUT2D eigenvalue weighted by molar-refractivity contribution is 9.10. The predicted octanol–water partition coefficient (Wildman–Crippen LogP) is 2.40. The smallest absolute Gasteiger partial charge is 0.258 e. The van der Waals surface area contributed by atoms with Gasteiger partial charge < -0.3 is 10.6 Å². The molecule has 98 valence electrons. The lowest BCUT2D eigenvalue weighted by atomic mass is 9.90. The third kappa shape index (κ3) is 2.42. The van der Waals surface area contributed by atoms with E-state index in [4.69, 9.17) is 5.73 Å². The molecule has 3 nitrogen and oxygen atoms in total. The number of hydrogen-bond donors (Lipinski definition) is 1. The van der Waals surface area contributed by atoms with Crippen molar-refractivity contribution in [1.82, 2.24) is 4.90 Å². The van der Waals surface area contributed by atoms with E-state index in [1.807, 2.05) is 0 Å². The molecule has 1 amide bonds. The highest BCUT2D eigenvalue weighted by atomic mass is 79.9. The Bertz CT molecular complexity index is 460. The van der Waals surface area contributed by atoms with Crippen molar-refractivity contribution in [3.05, 3.63) is 34.1 Å². The molecule has 1 aliphatic heterocycles. The van der Waals surface area contributed by atoms with Gasteiger partial charge in [0.1, 0.15) is 5.82 Å². The van der Waals surface area contributed by atoms with Gasteiger partial charge in [-0.05, 0) is 46.4 Å². The van der Waals surface area contributed by atoms with Gasteiger partial charge in [-0.15, -0.1) is 0 Å². The van der Waals surface area contributed by atoms with Gasteiger partial charge in [0.05, 0.1) is 5.56 Å². The maximum atomic E-state index is 13.7. The van der Waals surface area contributed by atoms with Crippen molar-refractivity contribution in [3.8, 4) is 0 Å². The molecule has 1 aromatic carbocycles. The normalized spacial score (nSPS) is 23.4. The zero-order valence-corrected chi connectivity index (χ0v) is 11.8. The summed E-state index contributed by atoms with van der Waals surface area (Å²) in [5.74, 6) is -0.757. The van der Waals surface area contributed by atoms with E-state index in [0.717, 1.165) is 6.42 Å². The number of amides is 1. The second kappa shape index (κ2) is 4.97. The van der Waals surface area contributed by atoms with Crippen molar-refractivity contribution >= 4 is 21.8 Å². The Balaban J connectivity index is 2.23. The summed E-state index contributed by atoms with van der Waals surface area (Å²) in [6, 6.07) is 4.55. The minimum Gasteiger partial charge on any atom is -0.338 e. The lowest BCUT2D eigenvalue weighted by Gasteiger charge is -2.23. The zero-order chi connectivity index (χ0) is 13.3. The molecule has 0 radical (unpaired) electrons. The van der Waals surface area contributed by atoms with Crippen LogP contribution in [0.4, 0.5) is 4.39 Å². The van der Waals surface area contributed by atoms with Gasteiger partial charge >= 0.3 is 0 Å². The van der Waals surface area contributed by atoms with Crippen LogP contribution in [-0.4, -0.2) is 30.4 Å². The lowest BCUT2D eigenvalue weighted by Crippen LogP contribution is -2.35. The van der Waals surface area contributed by atoms with Crippen LogP contribution in [0.15, 0.2) is 22.7 Å². The fourth-order valence-electron chi connectivity index (χ4n) is 2.22. The Morgan fingerprint density at radius 3 is 2.89 bits per heavy atom. The van der Waals surface area contributed by atoms with E-state index in [1.54, 1.807) is 17.0 Å². The predicted molar refractivity (Wildman–Crippen MR) is 71.8 cm³/mol. The molecule has 0 aliphatic carbocycles. The first-order valence-corrected chi connectivity index (χ1v) is 6.69. The molecule has 18 heavy (non-hydrogen) atoms. The highest BCUT2D eigenvalue weighted by Gasteiger charge is 2.36. The number of nitrogens with zero attached hydrogens (tertiary/aromatic N) is 1. The number of carbonyl (C=O) groups excluding carboxylic acids is 1. The molecule has 1 atom stereocenters. The molecule has 5 heteroatoms. The van der Waals surface area contributed by atoms with Gasteiger partial charge in [-0.1, -0.05) is 13.0 Å². The minimum atomic E-state index is -0.490. The van der Waals surface area contributed by atoms with Crippen molar-refractivity contribution < 1.29 is 9.18 Å². The SMILES string of the molecule is CC1(CN)CCN(C(=O)c2c(F)cccc2Br)C1. The first-order valence-electron chi connectivity index (χ1n) is 5.90. The summed E-state index contributed by atoms with van der Waals surface area (Å²) in [6.07, 6.45) is 0.862. The molecule has 0 aromatic heterocycles. The van der Waals surface area contributed by atoms with Gasteiger partial charge in [-0.2, -0.15) is 0 Å². The largest absolute Gasteiger partial charge is 0.338 e. The number of hydrogen-bond acceptors (Lipinski definition) is 2. The maximum absolute atomic E-state index is 13.7. The molecule has 1 unspecified atom stereocenters. The second-order valence-corrected chi connectivity index (χ2v) is 5.94. The second-order valence-electron chi connectivity index (χ2n) is 5.09. The summed E-state index contributed by atoms with van der Waals surface area (Å²) in [5, 5.41) is 0. The molecule has 1 aliphatic rings. The Hall–Kier alpha value is -0.940. The van der Waals surface area contributed by atoms with Crippen LogP contribution in [0.5, 0.6) is 0 Å². The molecule has 0 bridgehead atoms. The molecule has 1 aromatic rings. The van der Waals surface area contributed by atoms with Gasteiger partial charge in [0.25, 0.3) is 5.91 Å². The molecular formula is C13H16BrFN2O. The first-order chi connectivity index (χ1) is 8.47. The summed E-state index contributed by atoms with van der Waals surface area (Å²) in [7, 11) is 0. The standard InChI is InChI=1S/C13H16BrFN2O/c1-13(7-16)5-6-17(8-13)12(18)11-9(14)3-2-4-10(11)15/h2-4H,5-8,16H2,1H3. The van der Waals surface area contributed by atoms with E-state index in [9.17, 15) is 9.18 Å². The van der Waals surface area contributed by atoms with Crippen molar-refractivity contribution in [2.24, 2.45) is 11.1 Å². The third-order valence-electron chi connectivity index (χ3n) is 3.51. The molecular weight excluding hydrogens is 299 g/mol. The molecule has 1 heterocycles. The van der Waals surface area contributed by atoms with Gasteiger partial charge in [0, 0.05) is 17.6 Å². The summed E-state index contributed by atoms with van der Waals surface area (Å²) in [4.78, 5) is 14.0. The zero-order valence-electron chi connectivity index (χ0n) is 10.2. The van der Waals surface area contributed by atoms with Gasteiger partial charge in [0.2, 0.25) is 0 Å². The van der Waals surface area contributed by atoms with Crippen LogP contribution >= 0.6 is 15.9 Å². The number of halogens is 2. The summed E-state index contributed by atoms with van der Waals surface area (Å²) < 4.78 is 14.2. The quantitative estimate of drug-likeness (QED) is 0.911. The van der Waals surface area contributed by atoms with Crippen LogP contribution in [0.1, 0.15) is 23.7 Å². The van der Waals surface area contributed by atoms with E-state index in [0.29, 0.717) is 24.1 Å². The van der Waals surface area contributed by atoms with Crippen LogP contribution in [0.25, 0.3) is 0 Å². The topological polar surface area (TPSA) is 46.3 Å². The monoisotopic (exact) mass is 314 g/mol. The van der Waals surface area contributed by atoms with Gasteiger partial charge in [0.15, 0.2) is 0 Å². The number of benzene rings is 1. The van der Waals surface area contributed by atoms with E-state index in [-0.39, 0.29) is 16.9 Å². The maximum Gasteiger partial charge on any atom is 0.258 e. The number of nitrogens with two attached hydrogens (primary N) is 1. The fraction of sp³-hybridized carbons (Fsp3) is 0.462. The molecule has 2 rings (SSSR count). The minimum absolute atomic E-state index is 0.0482. The van der Waals surface area contributed by atoms with Crippen LogP contribution in [0.2, 0.25) is 0 Å². The van der Waals surface area contributed by atoms with E-state index < -0.39 is 5.82 Å². The fourth-order valence-corrected chi connectivity index (χ4v) is 2.74. The molecule has 2 N–H and O–H groups in total. The number of carbonyl (C=O) groups is 1. The van der Waals surface area contributed by atoms with Crippen molar-refractivity contribution in [2.45, 2.75) is 13.3 Å². The Morgan fingerprint density at radius 1 is 1.61 bits per heavy atom. The summed E-state index contributed by atoms with van der Waals surface area (Å²) >= 11 is 3.23. The summed E-state index contributed by atoms with van der Waals surface area (Å²) in [6.45, 7) is 3.81. The van der Waals surface area contributed by atoms with Crippen molar-refractivity contribution in [2.75, 3.05) is 19.6 Å². The molecule has 1 saturated heterocycles. The Morgan fingerprint density at radius 2 is 2.33 bits per heavy atom. The van der Waals surface area contributed by atoms with Crippen LogP contribution in [0, 0.1) is 11.2 Å². The number of likely N-dealkylation sites (tertiary alicyclic amines) is 1. The van der Waals surface area contributed by atoms with Gasteiger partial charge in [-0.3, -0.25) is 4.79 Å². The molecule has 0 spiro atoms. The summed E-state index contributed by atoms with van der Waals surface area (Å²) in [5.41, 5.74) is 5.77. The van der Waals surface area contributed by atoms with Crippen LogP contribution in [0.3, 0.4) is 0 Å². The van der Waals surface area contributed by atoms with Crippen molar-refractivity contribution in [3.63, 3.8) is 0 Å². The first kappa shape index (κ1) is 13.5. The Labute approximate surface area is 114 Å². The average molecular weight is 315 g/mol. The van der Waals surface area contributed by atoms with Gasteiger partial charge in [-0.25, -0.2) is 4.39 Å². The van der Waals surface area contributed by atoms with Crippen molar-refractivity contribution in [1.29, 1.82) is 0 Å². The van der Waals surface area contributed by atoms with E-state index in [1.165, 1.54) is 6.07 Å². The van der Waals surface area contributed by atoms with Crippen LogP contribution < -0.4 is 5.73 Å². The molecule has 1 fully saturated rings. The average Bonchev–Trinajstić information content (AvgIpc) is 2.72. The highest BCUT2D eigenvalue weighted by Crippen LogP contribution is 2.31. The van der Waals surface area contributed by atoms with E-state index in [2.05, 4.69) is 22.9 Å². The third-order valence-corrected chi connectivity index (χ3v) is 4.18.